The molecule has 2 aromatic carbocycles. The molecule has 5 amide bonds. The lowest BCUT2D eigenvalue weighted by molar-refractivity contribution is -0.188. The van der Waals surface area contributed by atoms with E-state index in [1.807, 2.05) is 60.7 Å². The standard InChI is InChI=1S/C25H30N6O4/c1-28-17-23(33)30-20(12-13-21(26)32)24(34)29(15-19-10-6-3-7-11-19)16-22(30)31(28)25(35)27-14-18-8-4-2-5-9-18/h2-11,20,22H,12-17H2,1H3,(H2,26,32)(H,27,35)/t20-,22-/m0/s1. The maximum absolute atomic E-state index is 13.5. The number of carbonyl (C=O) groups is 4. The van der Waals surface area contributed by atoms with Crippen LogP contribution in [0.25, 0.3) is 0 Å². The molecule has 10 nitrogen and oxygen atoms in total. The van der Waals surface area contributed by atoms with Gasteiger partial charge in [0.2, 0.25) is 17.7 Å². The fraction of sp³-hybridized carbons (Fsp3) is 0.360. The molecule has 2 saturated heterocycles. The van der Waals surface area contributed by atoms with Crippen molar-refractivity contribution in [2.45, 2.75) is 38.1 Å². The molecule has 0 saturated carbocycles. The zero-order valence-corrected chi connectivity index (χ0v) is 19.7. The molecule has 0 aromatic heterocycles. The monoisotopic (exact) mass is 478 g/mol. The highest BCUT2D eigenvalue weighted by molar-refractivity contribution is 5.91. The predicted molar refractivity (Wildman–Crippen MR) is 128 cm³/mol. The first kappa shape index (κ1) is 24.2. The van der Waals surface area contributed by atoms with E-state index in [0.717, 1.165) is 11.1 Å². The highest BCUT2D eigenvalue weighted by atomic mass is 16.2. The van der Waals surface area contributed by atoms with Crippen molar-refractivity contribution < 1.29 is 19.2 Å². The molecule has 0 bridgehead atoms. The van der Waals surface area contributed by atoms with Crippen LogP contribution in [0.3, 0.4) is 0 Å². The van der Waals surface area contributed by atoms with Gasteiger partial charge in [0.1, 0.15) is 12.2 Å². The molecule has 2 fully saturated rings. The van der Waals surface area contributed by atoms with Crippen LogP contribution in [0.5, 0.6) is 0 Å². The highest BCUT2D eigenvalue weighted by Crippen LogP contribution is 2.28. The second-order valence-electron chi connectivity index (χ2n) is 8.81. The second kappa shape index (κ2) is 10.6. The third kappa shape index (κ3) is 5.43. The number of carbonyl (C=O) groups excluding carboxylic acids is 4. The maximum atomic E-state index is 13.5. The van der Waals surface area contributed by atoms with Crippen LogP contribution in [-0.4, -0.2) is 75.9 Å². The van der Waals surface area contributed by atoms with Crippen molar-refractivity contribution in [2.24, 2.45) is 5.73 Å². The first-order chi connectivity index (χ1) is 16.8. The van der Waals surface area contributed by atoms with Crippen LogP contribution < -0.4 is 11.1 Å². The number of hydrazine groups is 1. The van der Waals surface area contributed by atoms with E-state index in [-0.39, 0.29) is 43.8 Å². The van der Waals surface area contributed by atoms with Gasteiger partial charge in [-0.3, -0.25) is 14.4 Å². The number of benzene rings is 2. The summed E-state index contributed by atoms with van der Waals surface area (Å²) in [5, 5.41) is 5.98. The largest absolute Gasteiger partial charge is 0.370 e. The molecular weight excluding hydrogens is 448 g/mol. The van der Waals surface area contributed by atoms with Crippen molar-refractivity contribution in [3.05, 3.63) is 71.8 Å². The lowest BCUT2D eigenvalue weighted by Crippen LogP contribution is -2.75. The molecule has 2 aromatic rings. The minimum atomic E-state index is -0.879. The Kier molecular flexibility index (Phi) is 7.31. The van der Waals surface area contributed by atoms with Gasteiger partial charge in [0.05, 0.1) is 13.1 Å². The van der Waals surface area contributed by atoms with Gasteiger partial charge in [-0.25, -0.2) is 14.8 Å². The van der Waals surface area contributed by atoms with Crippen molar-refractivity contribution in [2.75, 3.05) is 20.1 Å². The molecule has 0 radical (unpaired) electrons. The van der Waals surface area contributed by atoms with E-state index in [1.165, 1.54) is 9.91 Å². The molecule has 0 aliphatic carbocycles. The van der Waals surface area contributed by atoms with Crippen LogP contribution in [0, 0.1) is 0 Å². The Morgan fingerprint density at radius 3 is 2.26 bits per heavy atom. The fourth-order valence-corrected chi connectivity index (χ4v) is 4.66. The van der Waals surface area contributed by atoms with Crippen LogP contribution in [0.2, 0.25) is 0 Å². The minimum Gasteiger partial charge on any atom is -0.370 e. The molecule has 184 valence electrons. The summed E-state index contributed by atoms with van der Waals surface area (Å²) in [5.74, 6) is -1.07. The summed E-state index contributed by atoms with van der Waals surface area (Å²) < 4.78 is 0. The van der Waals surface area contributed by atoms with Gasteiger partial charge in [-0.15, -0.1) is 0 Å². The first-order valence-corrected chi connectivity index (χ1v) is 11.6. The van der Waals surface area contributed by atoms with Crippen molar-refractivity contribution in [3.8, 4) is 0 Å². The summed E-state index contributed by atoms with van der Waals surface area (Å²) in [6.07, 6.45) is -0.649. The Bertz CT molecular complexity index is 1080. The van der Waals surface area contributed by atoms with E-state index in [9.17, 15) is 19.2 Å². The lowest BCUT2D eigenvalue weighted by atomic mass is 10.0. The quantitative estimate of drug-likeness (QED) is 0.613. The fourth-order valence-electron chi connectivity index (χ4n) is 4.66. The summed E-state index contributed by atoms with van der Waals surface area (Å²) in [4.78, 5) is 54.5. The SMILES string of the molecule is CN1CC(=O)N2[C@@H](CCC(N)=O)C(=O)N(Cc3ccccc3)C[C@@H]2N1C(=O)NCc1ccccc1. The van der Waals surface area contributed by atoms with Crippen LogP contribution >= 0.6 is 0 Å². The van der Waals surface area contributed by atoms with Crippen molar-refractivity contribution in [3.63, 3.8) is 0 Å². The smallest absolute Gasteiger partial charge is 0.334 e. The summed E-state index contributed by atoms with van der Waals surface area (Å²) in [5.41, 5.74) is 7.23. The van der Waals surface area contributed by atoms with E-state index in [2.05, 4.69) is 5.32 Å². The van der Waals surface area contributed by atoms with Gasteiger partial charge in [-0.2, -0.15) is 0 Å². The number of hydrogen-bond acceptors (Lipinski definition) is 5. The van der Waals surface area contributed by atoms with Crippen molar-refractivity contribution in [1.29, 1.82) is 0 Å². The molecule has 0 unspecified atom stereocenters. The number of nitrogens with one attached hydrogen (secondary N) is 1. The third-order valence-corrected chi connectivity index (χ3v) is 6.31. The zero-order chi connectivity index (χ0) is 24.9. The van der Waals surface area contributed by atoms with Gasteiger partial charge >= 0.3 is 6.03 Å². The summed E-state index contributed by atoms with van der Waals surface area (Å²) in [6, 6.07) is 17.8. The average Bonchev–Trinajstić information content (AvgIpc) is 2.84. The number of nitrogens with two attached hydrogens (primary N) is 1. The average molecular weight is 479 g/mol. The molecule has 0 spiro atoms. The van der Waals surface area contributed by atoms with Crippen molar-refractivity contribution >= 4 is 23.8 Å². The first-order valence-electron chi connectivity index (χ1n) is 11.6. The number of amides is 5. The summed E-state index contributed by atoms with van der Waals surface area (Å²) in [7, 11) is 1.67. The minimum absolute atomic E-state index is 0.0396. The number of likely N-dealkylation sites (N-methyl/N-ethyl adjacent to an activating group) is 1. The maximum Gasteiger partial charge on any atom is 0.334 e. The van der Waals surface area contributed by atoms with Gasteiger partial charge in [-0.05, 0) is 17.5 Å². The Labute approximate surface area is 204 Å². The second-order valence-corrected chi connectivity index (χ2v) is 8.81. The zero-order valence-electron chi connectivity index (χ0n) is 19.7. The molecule has 4 rings (SSSR count). The van der Waals surface area contributed by atoms with Gasteiger partial charge < -0.3 is 20.9 Å². The Morgan fingerprint density at radius 1 is 1.00 bits per heavy atom. The Hall–Kier alpha value is -3.92. The van der Waals surface area contributed by atoms with Gasteiger partial charge in [0, 0.05) is 26.6 Å². The Morgan fingerprint density at radius 2 is 1.63 bits per heavy atom. The topological polar surface area (TPSA) is 119 Å². The molecule has 2 atom stereocenters. The van der Waals surface area contributed by atoms with E-state index in [4.69, 9.17) is 5.73 Å². The number of nitrogens with zero attached hydrogens (tertiary/aromatic N) is 4. The van der Waals surface area contributed by atoms with Gasteiger partial charge in [-0.1, -0.05) is 60.7 Å². The molecule has 10 heteroatoms. The molecule has 35 heavy (non-hydrogen) atoms. The third-order valence-electron chi connectivity index (χ3n) is 6.31. The van der Waals surface area contributed by atoms with Crippen LogP contribution in [0.4, 0.5) is 4.79 Å². The number of hydrogen-bond donors (Lipinski definition) is 2. The predicted octanol–water partition coefficient (Wildman–Crippen LogP) is 0.890. The molecule has 2 aliphatic heterocycles. The van der Waals surface area contributed by atoms with E-state index in [1.54, 1.807) is 17.0 Å². The number of primary amides is 1. The lowest BCUT2D eigenvalue weighted by Gasteiger charge is -2.54. The molecule has 3 N–H and O–H groups in total. The normalized spacial score (nSPS) is 20.5. The molecular formula is C25H30N6O4. The Balaban J connectivity index is 1.61. The van der Waals surface area contributed by atoms with Crippen LogP contribution in [-0.2, 0) is 27.5 Å². The molecule has 2 heterocycles. The van der Waals surface area contributed by atoms with E-state index >= 15 is 0 Å². The van der Waals surface area contributed by atoms with Crippen molar-refractivity contribution in [1.82, 2.24) is 25.1 Å². The van der Waals surface area contributed by atoms with Crippen LogP contribution in [0.1, 0.15) is 24.0 Å². The number of urea groups is 1. The van der Waals surface area contributed by atoms with Crippen LogP contribution in [0.15, 0.2) is 60.7 Å². The number of fused-ring (bicyclic) bond motifs is 1. The van der Waals surface area contributed by atoms with Gasteiger partial charge in [0.15, 0.2) is 0 Å². The summed E-state index contributed by atoms with van der Waals surface area (Å²) >= 11 is 0. The van der Waals surface area contributed by atoms with E-state index < -0.39 is 18.1 Å². The summed E-state index contributed by atoms with van der Waals surface area (Å²) in [6.45, 7) is 0.737. The molecule has 2 aliphatic rings. The number of piperazine rings is 1. The highest BCUT2D eigenvalue weighted by Gasteiger charge is 2.50. The van der Waals surface area contributed by atoms with Gasteiger partial charge in [0.25, 0.3) is 0 Å². The number of rotatable bonds is 7. The van der Waals surface area contributed by atoms with E-state index in [0.29, 0.717) is 13.1 Å².